The molecule has 1 fully saturated rings. The van der Waals surface area contributed by atoms with E-state index in [1.54, 1.807) is 6.26 Å². The second-order valence-corrected chi connectivity index (χ2v) is 8.32. The first-order valence-corrected chi connectivity index (χ1v) is 10.4. The second kappa shape index (κ2) is 7.96. The molecule has 0 radical (unpaired) electrons. The zero-order chi connectivity index (χ0) is 18.7. The van der Waals surface area contributed by atoms with Crippen LogP contribution in [0.4, 0.5) is 0 Å². The number of nitrogens with zero attached hydrogens (tertiary/aromatic N) is 1. The molecule has 27 heavy (non-hydrogen) atoms. The zero-order valence-electron chi connectivity index (χ0n) is 14.6. The summed E-state index contributed by atoms with van der Waals surface area (Å²) in [4.78, 5) is 17.3. The van der Waals surface area contributed by atoms with Crippen LogP contribution < -0.4 is 5.32 Å². The number of hydrogen-bond donors (Lipinski definition) is 1. The molecule has 1 N–H and O–H groups in total. The van der Waals surface area contributed by atoms with E-state index in [2.05, 4.69) is 38.4 Å². The monoisotopic (exact) mass is 446 g/mol. The van der Waals surface area contributed by atoms with Gasteiger partial charge in [-0.25, -0.2) is 4.98 Å². The fourth-order valence-electron chi connectivity index (χ4n) is 3.37. The van der Waals surface area contributed by atoms with E-state index in [9.17, 15) is 4.79 Å². The minimum Gasteiger partial charge on any atom is -0.462 e. The number of nitrogens with one attached hydrogen (secondary N) is 1. The molecule has 1 aliphatic heterocycles. The maximum atomic E-state index is 12.8. The van der Waals surface area contributed by atoms with Gasteiger partial charge in [0.25, 0.3) is 0 Å². The predicted molar refractivity (Wildman–Crippen MR) is 108 cm³/mol. The molecule has 7 heteroatoms. The first-order chi connectivity index (χ1) is 13.1. The first-order valence-electron chi connectivity index (χ1n) is 8.78. The predicted octanol–water partition coefficient (Wildman–Crippen LogP) is 4.53. The van der Waals surface area contributed by atoms with E-state index in [-0.39, 0.29) is 12.3 Å². The summed E-state index contributed by atoms with van der Waals surface area (Å²) in [5.41, 5.74) is 1.45. The van der Waals surface area contributed by atoms with Crippen LogP contribution in [0.3, 0.4) is 0 Å². The zero-order valence-corrected chi connectivity index (χ0v) is 17.0. The lowest BCUT2D eigenvalue weighted by Crippen LogP contribution is -2.50. The van der Waals surface area contributed by atoms with Crippen molar-refractivity contribution in [3.8, 4) is 10.8 Å². The third-order valence-electron chi connectivity index (χ3n) is 4.73. The summed E-state index contributed by atoms with van der Waals surface area (Å²) in [6.45, 7) is 1.26. The van der Waals surface area contributed by atoms with Gasteiger partial charge in [0.1, 0.15) is 0 Å². The van der Waals surface area contributed by atoms with Crippen molar-refractivity contribution in [1.82, 2.24) is 10.3 Å². The summed E-state index contributed by atoms with van der Waals surface area (Å²) in [6, 6.07) is 11.8. The lowest BCUT2D eigenvalue weighted by atomic mass is 9.82. The van der Waals surface area contributed by atoms with Crippen LogP contribution in [0.5, 0.6) is 0 Å². The Kier molecular flexibility index (Phi) is 5.43. The second-order valence-electron chi connectivity index (χ2n) is 6.55. The van der Waals surface area contributed by atoms with Crippen molar-refractivity contribution in [2.75, 3.05) is 13.2 Å². The van der Waals surface area contributed by atoms with Gasteiger partial charge in [0.2, 0.25) is 5.91 Å². The molecule has 140 valence electrons. The molecule has 5 nitrogen and oxygen atoms in total. The molecular formula is C20H19BrN2O3S. The molecule has 0 unspecified atom stereocenters. The SMILES string of the molecule is O=C(Cc1csc(-c2ccco2)n1)NC1(c2cccc(Br)c2)CCOCC1. The largest absolute Gasteiger partial charge is 0.462 e. The molecule has 3 heterocycles. The smallest absolute Gasteiger partial charge is 0.226 e. The average Bonchev–Trinajstić information content (AvgIpc) is 3.34. The number of amides is 1. The van der Waals surface area contributed by atoms with Crippen molar-refractivity contribution >= 4 is 33.2 Å². The minimum absolute atomic E-state index is 0.0341. The molecule has 1 aromatic carbocycles. The number of hydrogen-bond acceptors (Lipinski definition) is 5. The van der Waals surface area contributed by atoms with Crippen LogP contribution in [-0.4, -0.2) is 24.1 Å². The molecule has 0 aliphatic carbocycles. The van der Waals surface area contributed by atoms with Gasteiger partial charge in [-0.1, -0.05) is 28.1 Å². The van der Waals surface area contributed by atoms with Gasteiger partial charge in [0.15, 0.2) is 10.8 Å². The van der Waals surface area contributed by atoms with Crippen molar-refractivity contribution in [2.24, 2.45) is 0 Å². The Morgan fingerprint density at radius 1 is 1.26 bits per heavy atom. The summed E-state index contributed by atoms with van der Waals surface area (Å²) in [6.07, 6.45) is 3.37. The van der Waals surface area contributed by atoms with E-state index >= 15 is 0 Å². The number of carbonyl (C=O) groups is 1. The van der Waals surface area contributed by atoms with Crippen LogP contribution in [0.2, 0.25) is 0 Å². The fraction of sp³-hybridized carbons (Fsp3) is 0.300. The van der Waals surface area contributed by atoms with Crippen LogP contribution in [0.1, 0.15) is 24.1 Å². The third-order valence-corrected chi connectivity index (χ3v) is 6.13. The van der Waals surface area contributed by atoms with E-state index in [4.69, 9.17) is 9.15 Å². The maximum Gasteiger partial charge on any atom is 0.226 e. The van der Waals surface area contributed by atoms with E-state index in [1.807, 2.05) is 29.6 Å². The Balaban J connectivity index is 1.51. The topological polar surface area (TPSA) is 64.4 Å². The van der Waals surface area contributed by atoms with Crippen molar-refractivity contribution in [3.63, 3.8) is 0 Å². The number of thiazole rings is 1. The molecule has 3 aromatic rings. The molecule has 0 atom stereocenters. The van der Waals surface area contributed by atoms with Crippen molar-refractivity contribution < 1.29 is 13.9 Å². The van der Waals surface area contributed by atoms with Gasteiger partial charge >= 0.3 is 0 Å². The summed E-state index contributed by atoms with van der Waals surface area (Å²) >= 11 is 5.01. The number of aromatic nitrogens is 1. The highest BCUT2D eigenvalue weighted by Gasteiger charge is 2.36. The number of furan rings is 1. The Morgan fingerprint density at radius 2 is 2.11 bits per heavy atom. The van der Waals surface area contributed by atoms with Gasteiger partial charge in [0, 0.05) is 23.1 Å². The lowest BCUT2D eigenvalue weighted by molar-refractivity contribution is -0.123. The highest BCUT2D eigenvalue weighted by atomic mass is 79.9. The molecule has 0 saturated carbocycles. The number of rotatable bonds is 5. The Bertz CT molecular complexity index is 917. The van der Waals surface area contributed by atoms with Gasteiger partial charge in [0.05, 0.1) is 23.9 Å². The van der Waals surface area contributed by atoms with Crippen LogP contribution in [0.15, 0.2) is 56.9 Å². The summed E-state index contributed by atoms with van der Waals surface area (Å²) in [5.74, 6) is 0.690. The number of halogens is 1. The Hall–Kier alpha value is -1.96. The minimum atomic E-state index is -0.404. The van der Waals surface area contributed by atoms with E-state index < -0.39 is 5.54 Å². The van der Waals surface area contributed by atoms with E-state index in [0.717, 1.165) is 39.3 Å². The van der Waals surface area contributed by atoms with Crippen LogP contribution in [-0.2, 0) is 21.5 Å². The van der Waals surface area contributed by atoms with Crippen molar-refractivity contribution in [3.05, 3.63) is 63.8 Å². The number of benzene rings is 1. The number of ether oxygens (including phenoxy) is 1. The van der Waals surface area contributed by atoms with Crippen molar-refractivity contribution in [1.29, 1.82) is 0 Å². The maximum absolute atomic E-state index is 12.8. The van der Waals surface area contributed by atoms with Crippen LogP contribution in [0.25, 0.3) is 10.8 Å². The molecule has 0 spiro atoms. The molecule has 0 bridgehead atoms. The normalized spacial score (nSPS) is 16.2. The molecule has 1 aliphatic rings. The first kappa shape index (κ1) is 18.4. The van der Waals surface area contributed by atoms with E-state index in [0.29, 0.717) is 13.2 Å². The molecule has 1 saturated heterocycles. The number of carbonyl (C=O) groups excluding carboxylic acids is 1. The van der Waals surface area contributed by atoms with Gasteiger partial charge in [-0.3, -0.25) is 4.79 Å². The third kappa shape index (κ3) is 4.15. The fourth-order valence-corrected chi connectivity index (χ4v) is 4.55. The van der Waals surface area contributed by atoms with Crippen LogP contribution >= 0.6 is 27.3 Å². The van der Waals surface area contributed by atoms with Gasteiger partial charge < -0.3 is 14.5 Å². The lowest BCUT2D eigenvalue weighted by Gasteiger charge is -2.38. The summed E-state index contributed by atoms with van der Waals surface area (Å²) < 4.78 is 11.9. The molecule has 4 rings (SSSR count). The van der Waals surface area contributed by atoms with E-state index in [1.165, 1.54) is 11.3 Å². The van der Waals surface area contributed by atoms with Gasteiger partial charge in [-0.05, 0) is 42.7 Å². The standard InChI is InChI=1S/C20H19BrN2O3S/c21-15-4-1-3-14(11-15)20(6-9-25-10-7-20)23-18(24)12-16-13-27-19(22-16)17-5-2-8-26-17/h1-5,8,11,13H,6-7,9-10,12H2,(H,23,24). The summed E-state index contributed by atoms with van der Waals surface area (Å²) in [5, 5.41) is 5.97. The van der Waals surface area contributed by atoms with Gasteiger partial charge in [-0.15, -0.1) is 11.3 Å². The van der Waals surface area contributed by atoms with Gasteiger partial charge in [-0.2, -0.15) is 0 Å². The summed E-state index contributed by atoms with van der Waals surface area (Å²) in [7, 11) is 0. The average molecular weight is 447 g/mol. The Labute approximate surface area is 169 Å². The molecule has 1 amide bonds. The highest BCUT2D eigenvalue weighted by molar-refractivity contribution is 9.10. The molecule has 2 aromatic heterocycles. The van der Waals surface area contributed by atoms with Crippen LogP contribution in [0, 0.1) is 0 Å². The molecular weight excluding hydrogens is 428 g/mol. The quantitative estimate of drug-likeness (QED) is 0.624. The Morgan fingerprint density at radius 3 is 2.85 bits per heavy atom. The van der Waals surface area contributed by atoms with Crippen molar-refractivity contribution in [2.45, 2.75) is 24.8 Å². The highest BCUT2D eigenvalue weighted by Crippen LogP contribution is 2.34.